The summed E-state index contributed by atoms with van der Waals surface area (Å²) in [7, 11) is 2.19. The molecular weight excluding hydrogens is 382 g/mol. The SMILES string of the molecule is CN1CCCN(Cc2ccc3n(c2=O)C[C@H]2C[C@@H]3CN(Cc3cncs3)C2)CC1. The van der Waals surface area contributed by atoms with Gasteiger partial charge in [0.15, 0.2) is 0 Å². The predicted molar refractivity (Wildman–Crippen MR) is 116 cm³/mol. The molecule has 29 heavy (non-hydrogen) atoms. The van der Waals surface area contributed by atoms with Gasteiger partial charge in [-0.2, -0.15) is 0 Å². The fourth-order valence-electron chi connectivity index (χ4n) is 5.38. The van der Waals surface area contributed by atoms with Crippen molar-refractivity contribution >= 4 is 11.3 Å². The molecule has 0 radical (unpaired) electrons. The van der Waals surface area contributed by atoms with Gasteiger partial charge in [-0.05, 0) is 45.0 Å². The Hall–Kier alpha value is -1.54. The lowest BCUT2D eigenvalue weighted by atomic mass is 9.83. The number of thiazole rings is 1. The summed E-state index contributed by atoms with van der Waals surface area (Å²) in [5, 5.41) is 0. The van der Waals surface area contributed by atoms with Crippen LogP contribution in [-0.2, 0) is 19.6 Å². The average Bonchev–Trinajstić information content (AvgIpc) is 3.12. The van der Waals surface area contributed by atoms with Gasteiger partial charge in [0, 0.05) is 74.1 Å². The molecule has 3 aliphatic rings. The number of rotatable bonds is 4. The number of likely N-dealkylation sites (N-methyl/N-ethyl adjacent to an activating group) is 1. The van der Waals surface area contributed by atoms with E-state index in [0.29, 0.717) is 11.8 Å². The second-order valence-electron chi connectivity index (χ2n) is 9.09. The van der Waals surface area contributed by atoms with Crippen LogP contribution < -0.4 is 5.56 Å². The Bertz CT molecular complexity index is 895. The Balaban J connectivity index is 1.32. The van der Waals surface area contributed by atoms with Crippen LogP contribution in [-0.4, -0.2) is 70.6 Å². The maximum absolute atomic E-state index is 13.3. The zero-order valence-electron chi connectivity index (χ0n) is 17.3. The zero-order chi connectivity index (χ0) is 19.8. The molecule has 6 nitrogen and oxygen atoms in total. The molecule has 0 amide bonds. The van der Waals surface area contributed by atoms with Crippen LogP contribution in [0.4, 0.5) is 0 Å². The summed E-state index contributed by atoms with van der Waals surface area (Å²) >= 11 is 1.74. The van der Waals surface area contributed by atoms with E-state index in [1.165, 1.54) is 23.4 Å². The molecule has 2 fully saturated rings. The van der Waals surface area contributed by atoms with Crippen LogP contribution in [0.2, 0.25) is 0 Å². The van der Waals surface area contributed by atoms with Crippen molar-refractivity contribution in [3.8, 4) is 0 Å². The number of aromatic nitrogens is 2. The van der Waals surface area contributed by atoms with Gasteiger partial charge >= 0.3 is 0 Å². The van der Waals surface area contributed by atoms with Crippen molar-refractivity contribution in [2.45, 2.75) is 38.4 Å². The third-order valence-corrected chi connectivity index (χ3v) is 7.59. The summed E-state index contributed by atoms with van der Waals surface area (Å²) in [4.78, 5) is 26.3. The van der Waals surface area contributed by atoms with Crippen molar-refractivity contribution in [2.24, 2.45) is 5.92 Å². The van der Waals surface area contributed by atoms with E-state index in [1.807, 2.05) is 11.7 Å². The Kier molecular flexibility index (Phi) is 5.56. The first-order valence-corrected chi connectivity index (χ1v) is 11.8. The largest absolute Gasteiger partial charge is 0.312 e. The van der Waals surface area contributed by atoms with E-state index >= 15 is 0 Å². The normalized spacial score (nSPS) is 26.2. The number of pyridine rings is 1. The Morgan fingerprint density at radius 1 is 1.07 bits per heavy atom. The molecule has 0 N–H and O–H groups in total. The van der Waals surface area contributed by atoms with E-state index in [4.69, 9.17) is 0 Å². The van der Waals surface area contributed by atoms with Crippen LogP contribution in [0.5, 0.6) is 0 Å². The Morgan fingerprint density at radius 3 is 2.86 bits per heavy atom. The number of nitrogens with zero attached hydrogens (tertiary/aromatic N) is 5. The molecular formula is C22H31N5OS. The van der Waals surface area contributed by atoms with E-state index in [1.54, 1.807) is 11.3 Å². The van der Waals surface area contributed by atoms with Gasteiger partial charge in [0.1, 0.15) is 0 Å². The summed E-state index contributed by atoms with van der Waals surface area (Å²) in [5.74, 6) is 1.05. The molecule has 7 heteroatoms. The lowest BCUT2D eigenvalue weighted by Gasteiger charge is -2.42. The highest BCUT2D eigenvalue weighted by atomic mass is 32.1. The van der Waals surface area contributed by atoms with Crippen LogP contribution in [0.15, 0.2) is 28.6 Å². The number of fused-ring (bicyclic) bond motifs is 4. The highest BCUT2D eigenvalue weighted by Crippen LogP contribution is 2.35. The number of hydrogen-bond acceptors (Lipinski definition) is 6. The summed E-state index contributed by atoms with van der Waals surface area (Å²) in [6.07, 6.45) is 4.39. The molecule has 2 aromatic rings. The van der Waals surface area contributed by atoms with Gasteiger partial charge in [-0.1, -0.05) is 6.07 Å². The monoisotopic (exact) mass is 413 g/mol. The van der Waals surface area contributed by atoms with Gasteiger partial charge in [0.05, 0.1) is 5.51 Å². The van der Waals surface area contributed by atoms with Crippen LogP contribution >= 0.6 is 11.3 Å². The molecule has 5 heterocycles. The molecule has 5 rings (SSSR count). The lowest BCUT2D eigenvalue weighted by molar-refractivity contribution is 0.115. The molecule has 2 aromatic heterocycles. The second-order valence-corrected chi connectivity index (χ2v) is 10.1. The first-order valence-electron chi connectivity index (χ1n) is 10.9. The van der Waals surface area contributed by atoms with E-state index < -0.39 is 0 Å². The van der Waals surface area contributed by atoms with Gasteiger partial charge in [0.25, 0.3) is 5.56 Å². The van der Waals surface area contributed by atoms with Crippen LogP contribution in [0.3, 0.4) is 0 Å². The van der Waals surface area contributed by atoms with Gasteiger partial charge in [-0.15, -0.1) is 11.3 Å². The van der Waals surface area contributed by atoms with Crippen LogP contribution in [0.1, 0.15) is 34.9 Å². The number of likely N-dealkylation sites (tertiary alicyclic amines) is 1. The van der Waals surface area contributed by atoms with E-state index in [9.17, 15) is 4.79 Å². The van der Waals surface area contributed by atoms with Gasteiger partial charge in [0.2, 0.25) is 0 Å². The average molecular weight is 414 g/mol. The molecule has 156 valence electrons. The van der Waals surface area contributed by atoms with Crippen molar-refractivity contribution < 1.29 is 0 Å². The molecule has 2 saturated heterocycles. The van der Waals surface area contributed by atoms with Crippen LogP contribution in [0.25, 0.3) is 0 Å². The zero-order valence-corrected chi connectivity index (χ0v) is 18.1. The molecule has 0 saturated carbocycles. The highest BCUT2D eigenvalue weighted by molar-refractivity contribution is 7.09. The van der Waals surface area contributed by atoms with Crippen molar-refractivity contribution in [1.29, 1.82) is 0 Å². The summed E-state index contributed by atoms with van der Waals surface area (Å²) in [6, 6.07) is 4.36. The molecule has 0 unspecified atom stereocenters. The van der Waals surface area contributed by atoms with E-state index in [2.05, 4.69) is 43.4 Å². The summed E-state index contributed by atoms with van der Waals surface area (Å²) in [6.45, 7) is 9.17. The molecule has 0 aliphatic carbocycles. The van der Waals surface area contributed by atoms with Crippen molar-refractivity contribution in [3.63, 3.8) is 0 Å². The first-order chi connectivity index (χ1) is 14.2. The van der Waals surface area contributed by atoms with Crippen molar-refractivity contribution in [1.82, 2.24) is 24.3 Å². The molecule has 0 spiro atoms. The fourth-order valence-corrected chi connectivity index (χ4v) is 6.02. The lowest BCUT2D eigenvalue weighted by Crippen LogP contribution is -2.47. The molecule has 2 atom stereocenters. The van der Waals surface area contributed by atoms with E-state index in [0.717, 1.165) is 64.5 Å². The Morgan fingerprint density at radius 2 is 2.00 bits per heavy atom. The van der Waals surface area contributed by atoms with Crippen molar-refractivity contribution in [2.75, 3.05) is 46.3 Å². The topological polar surface area (TPSA) is 44.6 Å². The maximum Gasteiger partial charge on any atom is 0.255 e. The maximum atomic E-state index is 13.3. The predicted octanol–water partition coefficient (Wildman–Crippen LogP) is 2.06. The second kappa shape index (κ2) is 8.30. The third kappa shape index (κ3) is 4.19. The van der Waals surface area contributed by atoms with Gasteiger partial charge < -0.3 is 9.47 Å². The minimum Gasteiger partial charge on any atom is -0.312 e. The molecule has 3 aliphatic heterocycles. The summed E-state index contributed by atoms with van der Waals surface area (Å²) in [5.41, 5.74) is 4.39. The minimum atomic E-state index is 0.255. The van der Waals surface area contributed by atoms with Gasteiger partial charge in [-0.3, -0.25) is 19.6 Å². The van der Waals surface area contributed by atoms with Crippen molar-refractivity contribution in [3.05, 3.63) is 50.3 Å². The van der Waals surface area contributed by atoms with E-state index in [-0.39, 0.29) is 5.56 Å². The smallest absolute Gasteiger partial charge is 0.255 e. The minimum absolute atomic E-state index is 0.255. The Labute approximate surface area is 176 Å². The fraction of sp³-hybridized carbons (Fsp3) is 0.636. The van der Waals surface area contributed by atoms with Crippen LogP contribution in [0, 0.1) is 5.92 Å². The summed E-state index contributed by atoms with van der Waals surface area (Å²) < 4.78 is 2.11. The first kappa shape index (κ1) is 19.4. The quantitative estimate of drug-likeness (QED) is 0.768. The van der Waals surface area contributed by atoms with Gasteiger partial charge in [-0.25, -0.2) is 0 Å². The number of hydrogen-bond donors (Lipinski definition) is 0. The standard InChI is InChI=1S/C22H31N5OS/c1-24-5-2-6-25(8-7-24)13-18-3-4-21-19-9-17(12-27(21)22(18)28)11-26(14-19)15-20-10-23-16-29-20/h3-4,10,16-17,19H,2,5-9,11-15H2,1H3/t17-,19+/m0/s1. The highest BCUT2D eigenvalue weighted by Gasteiger charge is 2.35. The molecule has 0 aromatic carbocycles. The molecule has 2 bridgehead atoms. The third-order valence-electron chi connectivity index (χ3n) is 6.83. The number of piperidine rings is 1.